The van der Waals surface area contributed by atoms with Crippen LogP contribution >= 0.6 is 0 Å². The molecule has 0 aliphatic rings. The molecule has 2 unspecified atom stereocenters. The van der Waals surface area contributed by atoms with Crippen LogP contribution in [0.15, 0.2) is 0 Å². The maximum atomic E-state index is 8.74. The Morgan fingerprint density at radius 2 is 1.75 bits per heavy atom. The highest BCUT2D eigenvalue weighted by atomic mass is 16.6. The molecule has 12 heavy (non-hydrogen) atoms. The van der Waals surface area contributed by atoms with Crippen LogP contribution in [0, 0.1) is 0 Å². The standard InChI is InChI=1S/C9H20O3/c1-4-5-8(2)11-6-7-12-9(3)10/h8-10H,4-7H2,1-3H3. The lowest BCUT2D eigenvalue weighted by Crippen LogP contribution is -2.15. The minimum Gasteiger partial charge on any atom is -0.376 e. The molecule has 0 bridgehead atoms. The van der Waals surface area contributed by atoms with E-state index in [1.807, 2.05) is 6.92 Å². The quantitative estimate of drug-likeness (QED) is 0.472. The van der Waals surface area contributed by atoms with Crippen LogP contribution in [0.25, 0.3) is 0 Å². The highest BCUT2D eigenvalue weighted by molar-refractivity contribution is 4.47. The summed E-state index contributed by atoms with van der Waals surface area (Å²) in [6, 6.07) is 0. The van der Waals surface area contributed by atoms with E-state index in [1.54, 1.807) is 6.92 Å². The highest BCUT2D eigenvalue weighted by Crippen LogP contribution is 2.00. The number of hydrogen-bond acceptors (Lipinski definition) is 3. The van der Waals surface area contributed by atoms with Gasteiger partial charge in [0.05, 0.1) is 19.3 Å². The van der Waals surface area contributed by atoms with Crippen LogP contribution in [0.5, 0.6) is 0 Å². The van der Waals surface area contributed by atoms with Crippen LogP contribution < -0.4 is 0 Å². The lowest BCUT2D eigenvalue weighted by atomic mass is 10.2. The summed E-state index contributed by atoms with van der Waals surface area (Å²) in [6.45, 7) is 6.80. The van der Waals surface area contributed by atoms with E-state index in [2.05, 4.69) is 6.92 Å². The number of aliphatic hydroxyl groups excluding tert-OH is 1. The second-order valence-electron chi connectivity index (χ2n) is 2.94. The Labute approximate surface area is 74.7 Å². The zero-order valence-electron chi connectivity index (χ0n) is 8.25. The van der Waals surface area contributed by atoms with Gasteiger partial charge in [0, 0.05) is 0 Å². The molecule has 0 radical (unpaired) electrons. The number of ether oxygens (including phenoxy) is 2. The molecule has 0 aromatic carbocycles. The van der Waals surface area contributed by atoms with Crippen LogP contribution in [0.4, 0.5) is 0 Å². The lowest BCUT2D eigenvalue weighted by molar-refractivity contribution is -0.105. The summed E-state index contributed by atoms with van der Waals surface area (Å²) >= 11 is 0. The summed E-state index contributed by atoms with van der Waals surface area (Å²) in [5, 5.41) is 8.74. The topological polar surface area (TPSA) is 38.7 Å². The largest absolute Gasteiger partial charge is 0.376 e. The Balaban J connectivity index is 3.08. The van der Waals surface area contributed by atoms with Gasteiger partial charge in [-0.2, -0.15) is 0 Å². The molecule has 0 saturated heterocycles. The van der Waals surface area contributed by atoms with Crippen molar-refractivity contribution < 1.29 is 14.6 Å². The predicted molar refractivity (Wildman–Crippen MR) is 48.0 cm³/mol. The SMILES string of the molecule is CCCC(C)OCCOC(C)O. The Morgan fingerprint density at radius 3 is 2.25 bits per heavy atom. The van der Waals surface area contributed by atoms with Gasteiger partial charge in [0.15, 0.2) is 6.29 Å². The molecule has 0 rings (SSSR count). The van der Waals surface area contributed by atoms with Crippen LogP contribution in [-0.2, 0) is 9.47 Å². The molecular weight excluding hydrogens is 156 g/mol. The van der Waals surface area contributed by atoms with Crippen molar-refractivity contribution in [1.29, 1.82) is 0 Å². The van der Waals surface area contributed by atoms with Gasteiger partial charge in [0.1, 0.15) is 0 Å². The number of hydrogen-bond donors (Lipinski definition) is 1. The van der Waals surface area contributed by atoms with E-state index >= 15 is 0 Å². The van der Waals surface area contributed by atoms with E-state index in [4.69, 9.17) is 14.6 Å². The molecule has 3 nitrogen and oxygen atoms in total. The molecular formula is C9H20O3. The van der Waals surface area contributed by atoms with Gasteiger partial charge >= 0.3 is 0 Å². The highest BCUT2D eigenvalue weighted by Gasteiger charge is 2.00. The average molecular weight is 176 g/mol. The van der Waals surface area contributed by atoms with E-state index in [1.165, 1.54) is 0 Å². The van der Waals surface area contributed by atoms with Crippen LogP contribution in [0.1, 0.15) is 33.6 Å². The fraction of sp³-hybridized carbons (Fsp3) is 1.00. The van der Waals surface area contributed by atoms with Gasteiger partial charge in [-0.3, -0.25) is 0 Å². The molecule has 0 fully saturated rings. The van der Waals surface area contributed by atoms with Crippen molar-refractivity contribution in [1.82, 2.24) is 0 Å². The van der Waals surface area contributed by atoms with E-state index in [9.17, 15) is 0 Å². The first kappa shape index (κ1) is 11.9. The van der Waals surface area contributed by atoms with Gasteiger partial charge in [-0.25, -0.2) is 0 Å². The minimum atomic E-state index is -0.685. The maximum Gasteiger partial charge on any atom is 0.151 e. The predicted octanol–water partition coefficient (Wildman–Crippen LogP) is 1.55. The van der Waals surface area contributed by atoms with Gasteiger partial charge in [0.25, 0.3) is 0 Å². The molecule has 0 aromatic heterocycles. The van der Waals surface area contributed by atoms with Crippen molar-refractivity contribution in [3.63, 3.8) is 0 Å². The van der Waals surface area contributed by atoms with Crippen LogP contribution in [-0.4, -0.2) is 30.7 Å². The van der Waals surface area contributed by atoms with Crippen molar-refractivity contribution in [3.8, 4) is 0 Å². The summed E-state index contributed by atoms with van der Waals surface area (Å²) < 4.78 is 10.3. The smallest absolute Gasteiger partial charge is 0.151 e. The van der Waals surface area contributed by atoms with Gasteiger partial charge < -0.3 is 14.6 Å². The van der Waals surface area contributed by atoms with Crippen LogP contribution in [0.2, 0.25) is 0 Å². The zero-order chi connectivity index (χ0) is 9.40. The van der Waals surface area contributed by atoms with Gasteiger partial charge in [0.2, 0.25) is 0 Å². The second-order valence-corrected chi connectivity index (χ2v) is 2.94. The molecule has 3 heteroatoms. The summed E-state index contributed by atoms with van der Waals surface area (Å²) in [7, 11) is 0. The number of rotatable bonds is 7. The molecule has 0 spiro atoms. The summed E-state index contributed by atoms with van der Waals surface area (Å²) in [6.07, 6.45) is 1.83. The van der Waals surface area contributed by atoms with Gasteiger partial charge in [-0.15, -0.1) is 0 Å². The molecule has 74 valence electrons. The van der Waals surface area contributed by atoms with Crippen LogP contribution in [0.3, 0.4) is 0 Å². The van der Waals surface area contributed by atoms with Gasteiger partial charge in [-0.1, -0.05) is 13.3 Å². The van der Waals surface area contributed by atoms with Crippen molar-refractivity contribution >= 4 is 0 Å². The third-order valence-corrected chi connectivity index (χ3v) is 1.54. The van der Waals surface area contributed by atoms with E-state index < -0.39 is 6.29 Å². The Morgan fingerprint density at radius 1 is 1.17 bits per heavy atom. The van der Waals surface area contributed by atoms with Crippen molar-refractivity contribution in [3.05, 3.63) is 0 Å². The third-order valence-electron chi connectivity index (χ3n) is 1.54. The third kappa shape index (κ3) is 7.98. The van der Waals surface area contributed by atoms with Crippen molar-refractivity contribution in [2.45, 2.75) is 46.0 Å². The molecule has 0 saturated carbocycles. The summed E-state index contributed by atoms with van der Waals surface area (Å²) in [5.41, 5.74) is 0. The van der Waals surface area contributed by atoms with E-state index in [0.717, 1.165) is 12.8 Å². The lowest BCUT2D eigenvalue weighted by Gasteiger charge is -2.12. The Kier molecular flexibility index (Phi) is 7.45. The first-order chi connectivity index (χ1) is 5.66. The maximum absolute atomic E-state index is 8.74. The summed E-state index contributed by atoms with van der Waals surface area (Å²) in [4.78, 5) is 0. The molecule has 0 amide bonds. The molecule has 0 aliphatic heterocycles. The van der Waals surface area contributed by atoms with E-state index in [0.29, 0.717) is 19.3 Å². The zero-order valence-corrected chi connectivity index (χ0v) is 8.25. The summed E-state index contributed by atoms with van der Waals surface area (Å²) in [5.74, 6) is 0. The monoisotopic (exact) mass is 176 g/mol. The minimum absolute atomic E-state index is 0.299. The van der Waals surface area contributed by atoms with Crippen molar-refractivity contribution in [2.75, 3.05) is 13.2 Å². The molecule has 2 atom stereocenters. The van der Waals surface area contributed by atoms with Gasteiger partial charge in [-0.05, 0) is 20.3 Å². The molecule has 0 heterocycles. The molecule has 1 N–H and O–H groups in total. The molecule has 0 aliphatic carbocycles. The first-order valence-electron chi connectivity index (χ1n) is 4.58. The average Bonchev–Trinajstić information content (AvgIpc) is 1.98. The fourth-order valence-electron chi connectivity index (χ4n) is 0.958. The van der Waals surface area contributed by atoms with E-state index in [-0.39, 0.29) is 0 Å². The Bertz CT molecular complexity index is 93.8. The molecule has 0 aromatic rings. The second kappa shape index (κ2) is 7.53. The number of aliphatic hydroxyl groups is 1. The fourth-order valence-corrected chi connectivity index (χ4v) is 0.958. The first-order valence-corrected chi connectivity index (χ1v) is 4.58. The van der Waals surface area contributed by atoms with Crippen molar-refractivity contribution in [2.24, 2.45) is 0 Å². The normalized spacial score (nSPS) is 16.0. The Hall–Kier alpha value is -0.120.